The number of phosphoric acid groups is 4. The molecule has 0 unspecified atom stereocenters. The number of carbonyl (C=O) groups is 8. The number of esters is 4. The maximum atomic E-state index is 13.0. The number of hydrogen-bond donors (Lipinski definition) is 12. The number of fused-ring (bicyclic) bond motifs is 4. The van der Waals surface area contributed by atoms with Crippen LogP contribution >= 0.6 is 31.3 Å². The van der Waals surface area contributed by atoms with Crippen LogP contribution in [0, 0.1) is 0 Å². The van der Waals surface area contributed by atoms with E-state index in [1.54, 1.807) is 57.8 Å². The molecule has 0 radical (unpaired) electrons. The van der Waals surface area contributed by atoms with Crippen LogP contribution in [0.4, 0.5) is 0 Å². The van der Waals surface area contributed by atoms with Crippen molar-refractivity contribution in [1.29, 1.82) is 0 Å². The number of ether oxygens (including phenoxy) is 4. The number of aromatic hydroxyl groups is 4. The SMILES string of the molecule is C/C1=C\C(=N/OCC(=O)N2CCCCC2)Cc2cc(OP(=O)(O)O)cc(O)c2C(=O)OCC/C=C/CC1.C/C1=C\C(=N/OCC(=O)N2CCCCC2)Cc2cc(OP(=O)(O)O)cc(O)c2C(=O)O[C@H](C)C/C=C/CC1.C[C@@H]1C/C=C/CC/C=C/C(=N\OCC(=O)N2CCCCC2)Cc2cc(OP(=O)(O)O)cc(O)c2C(=O)O1.O=C1OCC/C=C/CC/C=C/C(=N\OCC(=O)N2CCCCC2)Cc2cc(OP(=O)(O)O)cc(O)c21. The highest BCUT2D eigenvalue weighted by atomic mass is 31.2. The normalized spacial score (nSPS) is 21.8. The predicted octanol–water partition coefficient (Wildman–Crippen LogP) is 14.5. The summed E-state index contributed by atoms with van der Waals surface area (Å²) in [4.78, 5) is 203. The van der Waals surface area contributed by atoms with Gasteiger partial charge in [0, 0.05) is 115 Å². The van der Waals surface area contributed by atoms with Crippen LogP contribution in [0.1, 0.15) is 245 Å². The van der Waals surface area contributed by atoms with E-state index >= 15 is 0 Å². The molecule has 48 heteroatoms. The van der Waals surface area contributed by atoms with Crippen molar-refractivity contribution in [2.24, 2.45) is 20.6 Å². The lowest BCUT2D eigenvalue weighted by Crippen LogP contribution is -2.37. The lowest BCUT2D eigenvalue weighted by Gasteiger charge is -2.26. The molecule has 0 bridgehead atoms. The lowest BCUT2D eigenvalue weighted by atomic mass is 9.98. The summed E-state index contributed by atoms with van der Waals surface area (Å²) in [6.45, 7) is 11.9. The third-order valence-corrected chi connectivity index (χ3v) is 25.1. The standard InChI is InChI=1S/C26H35N2O9P.2C25H33N2O9P.C24H31N2O9P/c1-18-9-5-3-6-10-19(2)36-26(31)25-20(15-22(16-23(25)29)37-38(32,33)34)14-21(13-18)27-35-17-24(30)28-11-7-4-8-12-28;1-18-9-5-2-3-8-12-34-25(30)24-19(15-21(16-22(24)28)36-37(31,32)33)14-20(13-18)26-35-17-23(29)27-10-6-4-7-11-27;1-18-10-6-3-2-4-7-11-20(26-34-17-23(29)27-12-8-5-9-13-27)14-19-15-21(36-37(31,32)33)16-22(28)24(19)25(30)35-18;27-21-16-20(35-36(30,31)32)15-18-14-19(25-34-17-22(28)26-11-7-5-8-12-26)10-6-3-1-2-4-9-13-33-24(29)23(18)21/h3,6,13,15-16,19,29H,4-5,7-12,14,17H2,1-2H3,(H2,32,33,34);2-3,13,15-16,28H,4-12,14,17H2,1H3,(H2,31,32,33);3,6-7,11,15-16,18,28H,2,4-5,8-10,12-14,17H2,1H3,(H2,31,32,33);2,4,6,10,15-16,27H,1,3,5,7-9,11-14,17H2,(H2,30,31,32)/b6-3+,18-13+,27-21+;3-2+,18-13+,26-20+;6-3+,11-7+,26-20+;4-2+,10-6+,25-19+/t19-;;18-;/m1.1./s1. The molecule has 8 heterocycles. The molecule has 4 amide bonds. The number of oxime groups is 4. The van der Waals surface area contributed by atoms with Crippen LogP contribution in [-0.2, 0) is 101 Å². The number of phenolic OH excluding ortho intramolecular Hbond substituents is 4. The Balaban J connectivity index is 0.000000219. The number of likely N-dealkylation sites (tertiary alicyclic amines) is 4. The van der Waals surface area contributed by atoms with Crippen LogP contribution in [0.25, 0.3) is 0 Å². The van der Waals surface area contributed by atoms with Crippen LogP contribution in [0.2, 0.25) is 0 Å². The number of amides is 4. The largest absolute Gasteiger partial charge is 0.524 e. The molecular weight excluding hydrogens is 2010 g/mol. The van der Waals surface area contributed by atoms with Crippen molar-refractivity contribution >= 4 is 102 Å². The van der Waals surface area contributed by atoms with Crippen molar-refractivity contribution in [2.75, 3.05) is 92.0 Å². The Hall–Kier alpha value is -12.6. The van der Waals surface area contributed by atoms with Crippen molar-refractivity contribution in [3.8, 4) is 46.0 Å². The van der Waals surface area contributed by atoms with Crippen molar-refractivity contribution in [3.63, 3.8) is 0 Å². The molecule has 808 valence electrons. The van der Waals surface area contributed by atoms with Gasteiger partial charge in [-0.2, -0.15) is 0 Å². The summed E-state index contributed by atoms with van der Waals surface area (Å²) < 4.78 is 85.5. The molecule has 0 aromatic heterocycles. The van der Waals surface area contributed by atoms with Gasteiger partial charge < -0.3 is 96.4 Å². The van der Waals surface area contributed by atoms with Crippen LogP contribution in [0.3, 0.4) is 0 Å². The number of hydrogen-bond acceptors (Lipinski definition) is 32. The van der Waals surface area contributed by atoms with Crippen molar-refractivity contribution < 1.29 is 173 Å². The Morgan fingerprint density at radius 3 is 0.865 bits per heavy atom. The number of rotatable bonds is 20. The average Bonchev–Trinajstić information content (AvgIpc) is 0.810. The molecule has 4 saturated heterocycles. The van der Waals surface area contributed by atoms with Crippen LogP contribution in [0.5, 0.6) is 46.0 Å². The molecule has 4 aromatic rings. The molecule has 4 aromatic carbocycles. The number of allylic oxidation sites excluding steroid dienone is 12. The first kappa shape index (κ1) is 119. The molecule has 8 aliphatic heterocycles. The van der Waals surface area contributed by atoms with Gasteiger partial charge in [0.15, 0.2) is 26.4 Å². The molecule has 4 fully saturated rings. The Labute approximate surface area is 857 Å². The Bertz CT molecular complexity index is 5840. The number of phosphoric ester groups is 4. The molecule has 2 atom stereocenters. The number of piperidine rings is 4. The van der Waals surface area contributed by atoms with E-state index in [2.05, 4.69) is 38.7 Å². The van der Waals surface area contributed by atoms with Gasteiger partial charge in [-0.3, -0.25) is 58.3 Å². The quantitative estimate of drug-likeness (QED) is 0.0129. The summed E-state index contributed by atoms with van der Waals surface area (Å²) in [7, 11) is -19.7. The third-order valence-electron chi connectivity index (χ3n) is 23.3. The lowest BCUT2D eigenvalue weighted by molar-refractivity contribution is -0.137. The second-order valence-corrected chi connectivity index (χ2v) is 40.4. The van der Waals surface area contributed by atoms with E-state index in [0.29, 0.717) is 114 Å². The first-order chi connectivity index (χ1) is 70.5. The second-order valence-electron chi connectivity index (χ2n) is 35.8. The minimum absolute atomic E-state index is 0.0680. The monoisotopic (exact) mass is 2140 g/mol. The van der Waals surface area contributed by atoms with E-state index in [1.165, 1.54) is 24.3 Å². The van der Waals surface area contributed by atoms with Gasteiger partial charge >= 0.3 is 55.2 Å². The topological polar surface area (TPSA) is 621 Å². The van der Waals surface area contributed by atoms with Crippen molar-refractivity contribution in [1.82, 2.24) is 19.6 Å². The number of benzene rings is 4. The fourth-order valence-corrected chi connectivity index (χ4v) is 17.9. The van der Waals surface area contributed by atoms with Crippen LogP contribution in [0.15, 0.2) is 165 Å². The van der Waals surface area contributed by atoms with Gasteiger partial charge in [0.05, 0.1) is 36.1 Å². The molecule has 148 heavy (non-hydrogen) atoms. The number of nitrogens with zero attached hydrogens (tertiary/aromatic N) is 8. The van der Waals surface area contributed by atoms with Crippen molar-refractivity contribution in [2.45, 2.75) is 220 Å². The first-order valence-electron chi connectivity index (χ1n) is 48.8. The molecule has 0 saturated carbocycles. The summed E-state index contributed by atoms with van der Waals surface area (Å²) in [5.41, 5.74) is 3.15. The number of carbonyl (C=O) groups excluding carboxylic acids is 8. The number of phenols is 4. The van der Waals surface area contributed by atoms with E-state index in [9.17, 15) is 116 Å². The van der Waals surface area contributed by atoms with Gasteiger partial charge in [0.2, 0.25) is 0 Å². The smallest absolute Gasteiger partial charge is 0.507 e. The third kappa shape index (κ3) is 43.7. The number of cyclic esters (lactones) is 4. The Morgan fingerprint density at radius 2 is 0.574 bits per heavy atom. The second kappa shape index (κ2) is 60.2. The predicted molar refractivity (Wildman–Crippen MR) is 541 cm³/mol. The van der Waals surface area contributed by atoms with E-state index in [-0.39, 0.29) is 156 Å². The summed E-state index contributed by atoms with van der Waals surface area (Å²) in [6, 6.07) is 8.68. The van der Waals surface area contributed by atoms with Gasteiger partial charge in [0.25, 0.3) is 23.6 Å². The minimum Gasteiger partial charge on any atom is -0.507 e. The maximum Gasteiger partial charge on any atom is 0.524 e. The molecule has 12 rings (SSSR count). The maximum absolute atomic E-state index is 13.0. The van der Waals surface area contributed by atoms with Gasteiger partial charge in [0.1, 0.15) is 80.5 Å². The van der Waals surface area contributed by atoms with Gasteiger partial charge in [-0.1, -0.05) is 92.5 Å². The zero-order chi connectivity index (χ0) is 107. The highest BCUT2D eigenvalue weighted by Gasteiger charge is 2.33. The zero-order valence-electron chi connectivity index (χ0n) is 83.1. The minimum atomic E-state index is -4.94. The van der Waals surface area contributed by atoms with E-state index < -0.39 is 90.4 Å². The van der Waals surface area contributed by atoms with E-state index in [1.807, 2.05) is 74.6 Å². The van der Waals surface area contributed by atoms with Crippen LogP contribution in [-0.4, -0.2) is 254 Å². The molecule has 8 aliphatic rings. The molecule has 44 nitrogen and oxygen atoms in total. The van der Waals surface area contributed by atoms with E-state index in [4.69, 9.17) is 38.3 Å². The summed E-state index contributed by atoms with van der Waals surface area (Å²) in [6.07, 6.45) is 44.6. The molecule has 12 N–H and O–H groups in total. The first-order valence-corrected chi connectivity index (χ1v) is 54.9. The van der Waals surface area contributed by atoms with Gasteiger partial charge in [-0.25, -0.2) is 37.4 Å². The summed E-state index contributed by atoms with van der Waals surface area (Å²) >= 11 is 0. The fourth-order valence-electron chi connectivity index (χ4n) is 16.4. The average molecular weight is 2150 g/mol. The summed E-state index contributed by atoms with van der Waals surface area (Å²) in [5, 5.41) is 58.8. The Morgan fingerprint density at radius 1 is 0.331 bits per heavy atom. The Kier molecular flexibility index (Phi) is 48.4. The van der Waals surface area contributed by atoms with Crippen LogP contribution < -0.4 is 18.1 Å². The fraction of sp³-hybridized carbons (Fsp3) is 0.480. The molecule has 0 spiro atoms. The highest BCUT2D eigenvalue weighted by Crippen LogP contribution is 2.46. The van der Waals surface area contributed by atoms with Crippen molar-refractivity contribution in [3.05, 3.63) is 189 Å². The molecule has 0 aliphatic carbocycles. The highest BCUT2D eigenvalue weighted by molar-refractivity contribution is 7.47. The summed E-state index contributed by atoms with van der Waals surface area (Å²) in [5.74, 6) is -7.49. The zero-order valence-corrected chi connectivity index (χ0v) is 86.7. The molecular formula is C100H132N8O36P4. The van der Waals surface area contributed by atoms with E-state index in [0.717, 1.165) is 151 Å². The van der Waals surface area contributed by atoms with Gasteiger partial charge in [-0.15, -0.1) is 0 Å². The van der Waals surface area contributed by atoms with Gasteiger partial charge in [-0.05, 0) is 240 Å².